The van der Waals surface area contributed by atoms with Gasteiger partial charge in [0.15, 0.2) is 10.8 Å². The van der Waals surface area contributed by atoms with Crippen molar-refractivity contribution in [2.75, 3.05) is 12.0 Å². The predicted octanol–water partition coefficient (Wildman–Crippen LogP) is 4.24. The van der Waals surface area contributed by atoms with E-state index in [9.17, 15) is 4.79 Å². The molecular formula is C20H18ClN5O2S. The zero-order valence-electron chi connectivity index (χ0n) is 16.1. The molecule has 0 N–H and O–H groups in total. The van der Waals surface area contributed by atoms with Crippen molar-refractivity contribution in [1.82, 2.24) is 19.7 Å². The van der Waals surface area contributed by atoms with Gasteiger partial charge in [-0.1, -0.05) is 29.0 Å². The number of ether oxygens (including phenoxy) is 1. The van der Waals surface area contributed by atoms with Crippen LogP contribution in [0, 0.1) is 6.92 Å². The second-order valence-corrected chi connectivity index (χ2v) is 7.86. The number of rotatable bonds is 5. The van der Waals surface area contributed by atoms with Gasteiger partial charge in [-0.15, -0.1) is 0 Å². The number of pyridine rings is 1. The van der Waals surface area contributed by atoms with Gasteiger partial charge < -0.3 is 4.74 Å². The number of halogens is 1. The summed E-state index contributed by atoms with van der Waals surface area (Å²) in [4.78, 5) is 24.0. The highest BCUT2D eigenvalue weighted by Crippen LogP contribution is 2.39. The Balaban J connectivity index is 1.84. The van der Waals surface area contributed by atoms with Crippen molar-refractivity contribution in [1.29, 1.82) is 0 Å². The molecule has 0 aliphatic rings. The van der Waals surface area contributed by atoms with E-state index in [1.54, 1.807) is 42.1 Å². The molecule has 3 aromatic heterocycles. The van der Waals surface area contributed by atoms with E-state index in [2.05, 4.69) is 15.1 Å². The Kier molecular flexibility index (Phi) is 5.21. The van der Waals surface area contributed by atoms with Crippen LogP contribution >= 0.6 is 22.9 Å². The van der Waals surface area contributed by atoms with Crippen LogP contribution < -0.4 is 9.64 Å². The molecule has 0 fully saturated rings. The Morgan fingerprint density at radius 2 is 2.14 bits per heavy atom. The lowest BCUT2D eigenvalue weighted by molar-refractivity contribution is 0.0978. The number of amides is 1. The quantitative estimate of drug-likeness (QED) is 0.476. The number of nitrogens with zero attached hydrogens (tertiary/aromatic N) is 5. The van der Waals surface area contributed by atoms with E-state index in [-0.39, 0.29) is 12.5 Å². The molecule has 3 heterocycles. The molecule has 0 aliphatic heterocycles. The van der Waals surface area contributed by atoms with Gasteiger partial charge in [-0.05, 0) is 31.2 Å². The fraction of sp³-hybridized carbons (Fsp3) is 0.200. The van der Waals surface area contributed by atoms with Crippen LogP contribution in [0.15, 0.2) is 42.7 Å². The molecular weight excluding hydrogens is 410 g/mol. The molecule has 0 atom stereocenters. The summed E-state index contributed by atoms with van der Waals surface area (Å²) in [6.45, 7) is 2.12. The third-order valence-corrected chi connectivity index (χ3v) is 5.94. The topological polar surface area (TPSA) is 73.1 Å². The fourth-order valence-corrected chi connectivity index (χ4v) is 4.30. The van der Waals surface area contributed by atoms with E-state index in [0.717, 1.165) is 16.0 Å². The van der Waals surface area contributed by atoms with Crippen molar-refractivity contribution in [3.05, 3.63) is 64.7 Å². The van der Waals surface area contributed by atoms with Gasteiger partial charge in [-0.2, -0.15) is 5.10 Å². The number of benzene rings is 1. The normalized spacial score (nSPS) is 11.0. The highest BCUT2D eigenvalue weighted by molar-refractivity contribution is 7.23. The highest BCUT2D eigenvalue weighted by Gasteiger charge is 2.26. The summed E-state index contributed by atoms with van der Waals surface area (Å²) in [5, 5.41) is 5.40. The standard InChI is InChI=1S/C20H18ClN5O2S/c1-12-10-25(2)24-16(12)19(27)26(11-13-6-4-5-9-22-13)20-23-17-15(28-3)8-7-14(21)18(17)29-20/h4-10H,11H2,1-3H3. The monoisotopic (exact) mass is 427 g/mol. The third kappa shape index (κ3) is 3.68. The third-order valence-electron chi connectivity index (χ3n) is 4.40. The molecule has 0 unspecified atom stereocenters. The molecule has 0 saturated heterocycles. The molecule has 9 heteroatoms. The molecule has 0 saturated carbocycles. The Labute approximate surface area is 176 Å². The minimum Gasteiger partial charge on any atom is -0.494 e. The SMILES string of the molecule is COc1ccc(Cl)c2sc(N(Cc3ccccn3)C(=O)c3nn(C)cc3C)nc12. The number of carbonyl (C=O) groups excluding carboxylic acids is 1. The number of thiazole rings is 1. The number of carbonyl (C=O) groups is 1. The molecule has 0 spiro atoms. The largest absolute Gasteiger partial charge is 0.494 e. The molecule has 29 heavy (non-hydrogen) atoms. The van der Waals surface area contributed by atoms with Crippen LogP contribution in [0.25, 0.3) is 10.2 Å². The number of hydrogen-bond acceptors (Lipinski definition) is 6. The summed E-state index contributed by atoms with van der Waals surface area (Å²) in [7, 11) is 3.37. The van der Waals surface area contributed by atoms with Gasteiger partial charge in [0.1, 0.15) is 11.3 Å². The van der Waals surface area contributed by atoms with Crippen molar-refractivity contribution in [3.8, 4) is 5.75 Å². The van der Waals surface area contributed by atoms with E-state index in [4.69, 9.17) is 16.3 Å². The van der Waals surface area contributed by atoms with Crippen LogP contribution in [0.2, 0.25) is 5.02 Å². The molecule has 4 rings (SSSR count). The van der Waals surface area contributed by atoms with Gasteiger partial charge in [0, 0.05) is 25.0 Å². The Morgan fingerprint density at radius 1 is 1.31 bits per heavy atom. The molecule has 0 bridgehead atoms. The minimum absolute atomic E-state index is 0.247. The minimum atomic E-state index is -0.247. The molecule has 1 aromatic carbocycles. The number of aryl methyl sites for hydroxylation is 2. The van der Waals surface area contributed by atoms with Gasteiger partial charge >= 0.3 is 0 Å². The molecule has 4 aromatic rings. The number of aromatic nitrogens is 4. The van der Waals surface area contributed by atoms with Crippen molar-refractivity contribution < 1.29 is 9.53 Å². The van der Waals surface area contributed by atoms with Gasteiger partial charge in [-0.25, -0.2) is 4.98 Å². The van der Waals surface area contributed by atoms with Crippen LogP contribution in [-0.4, -0.2) is 32.8 Å². The van der Waals surface area contributed by atoms with Crippen LogP contribution in [-0.2, 0) is 13.6 Å². The smallest absolute Gasteiger partial charge is 0.281 e. The predicted molar refractivity (Wildman–Crippen MR) is 114 cm³/mol. The molecule has 0 radical (unpaired) electrons. The molecule has 7 nitrogen and oxygen atoms in total. The van der Waals surface area contributed by atoms with E-state index < -0.39 is 0 Å². The van der Waals surface area contributed by atoms with E-state index >= 15 is 0 Å². The van der Waals surface area contributed by atoms with Crippen LogP contribution in [0.1, 0.15) is 21.7 Å². The van der Waals surface area contributed by atoms with Crippen molar-refractivity contribution in [2.45, 2.75) is 13.5 Å². The summed E-state index contributed by atoms with van der Waals surface area (Å²) >= 11 is 7.71. The Morgan fingerprint density at radius 3 is 2.79 bits per heavy atom. The fourth-order valence-electron chi connectivity index (χ4n) is 3.05. The first-order valence-corrected chi connectivity index (χ1v) is 10.0. The zero-order valence-corrected chi connectivity index (χ0v) is 17.7. The average molecular weight is 428 g/mol. The second-order valence-electron chi connectivity index (χ2n) is 6.47. The van der Waals surface area contributed by atoms with E-state index in [0.29, 0.717) is 27.1 Å². The Hall–Kier alpha value is -2.97. The van der Waals surface area contributed by atoms with E-state index in [1.807, 2.05) is 31.3 Å². The summed E-state index contributed by atoms with van der Waals surface area (Å²) < 4.78 is 7.80. The Bertz CT molecular complexity index is 1190. The van der Waals surface area contributed by atoms with Crippen molar-refractivity contribution in [3.63, 3.8) is 0 Å². The number of hydrogen-bond donors (Lipinski definition) is 0. The summed E-state index contributed by atoms with van der Waals surface area (Å²) in [5.74, 6) is 0.356. The highest BCUT2D eigenvalue weighted by atomic mass is 35.5. The molecule has 0 aliphatic carbocycles. The first-order valence-electron chi connectivity index (χ1n) is 8.83. The lowest BCUT2D eigenvalue weighted by atomic mass is 10.2. The van der Waals surface area contributed by atoms with Gasteiger partial charge in [0.05, 0.1) is 29.1 Å². The lowest BCUT2D eigenvalue weighted by Gasteiger charge is -2.18. The summed E-state index contributed by atoms with van der Waals surface area (Å²) in [6.07, 6.45) is 3.51. The number of methoxy groups -OCH3 is 1. The maximum atomic E-state index is 13.4. The van der Waals surface area contributed by atoms with Crippen molar-refractivity contribution >= 4 is 44.2 Å². The maximum absolute atomic E-state index is 13.4. The maximum Gasteiger partial charge on any atom is 0.281 e. The summed E-state index contributed by atoms with van der Waals surface area (Å²) in [6, 6.07) is 9.11. The molecule has 1 amide bonds. The van der Waals surface area contributed by atoms with Crippen LogP contribution in [0.5, 0.6) is 5.75 Å². The lowest BCUT2D eigenvalue weighted by Crippen LogP contribution is -2.31. The zero-order chi connectivity index (χ0) is 20.5. The van der Waals surface area contributed by atoms with Gasteiger partial charge in [0.25, 0.3) is 5.91 Å². The van der Waals surface area contributed by atoms with Gasteiger partial charge in [0.2, 0.25) is 0 Å². The van der Waals surface area contributed by atoms with Crippen molar-refractivity contribution in [2.24, 2.45) is 7.05 Å². The molecule has 148 valence electrons. The van der Waals surface area contributed by atoms with Gasteiger partial charge in [-0.3, -0.25) is 19.4 Å². The van der Waals surface area contributed by atoms with Crippen LogP contribution in [0.4, 0.5) is 5.13 Å². The number of fused-ring (bicyclic) bond motifs is 1. The number of anilines is 1. The first-order chi connectivity index (χ1) is 14.0. The van der Waals surface area contributed by atoms with Crippen LogP contribution in [0.3, 0.4) is 0 Å². The van der Waals surface area contributed by atoms with E-state index in [1.165, 1.54) is 11.3 Å². The average Bonchev–Trinajstić information content (AvgIpc) is 3.30. The summed E-state index contributed by atoms with van der Waals surface area (Å²) in [5.41, 5.74) is 2.53. The second kappa shape index (κ2) is 7.81. The first kappa shape index (κ1) is 19.4.